The smallest absolute Gasteiger partial charge is 0.217 e. The molecule has 24 heavy (non-hydrogen) atoms. The number of hydrogen-bond donors (Lipinski definition) is 1. The molecule has 0 unspecified atom stereocenters. The molecule has 5 heteroatoms. The van der Waals surface area contributed by atoms with Crippen LogP contribution < -0.4 is 10.2 Å². The largest absolute Gasteiger partial charge is 0.369 e. The SMILES string of the molecule is CC(=O)NCc1ccc(CN2CCN(c3ccncc3)CC2)cc1. The van der Waals surface area contributed by atoms with Gasteiger partial charge in [-0.05, 0) is 23.3 Å². The molecule has 1 aliphatic rings. The standard InChI is InChI=1S/C19H24N4O/c1-16(24)21-14-17-2-4-18(5-3-17)15-22-10-12-23(13-11-22)19-6-8-20-9-7-19/h2-9H,10-15H2,1H3,(H,21,24). The Hall–Kier alpha value is -2.40. The van der Waals surface area contributed by atoms with Crippen LogP contribution in [0.1, 0.15) is 18.1 Å². The van der Waals surface area contributed by atoms with Crippen LogP contribution in [0, 0.1) is 0 Å². The molecule has 1 amide bonds. The van der Waals surface area contributed by atoms with Gasteiger partial charge in [0.1, 0.15) is 0 Å². The van der Waals surface area contributed by atoms with E-state index in [9.17, 15) is 4.79 Å². The lowest BCUT2D eigenvalue weighted by Crippen LogP contribution is -2.45. The summed E-state index contributed by atoms with van der Waals surface area (Å²) in [4.78, 5) is 19.9. The van der Waals surface area contributed by atoms with Crippen LogP contribution in [-0.4, -0.2) is 42.0 Å². The van der Waals surface area contributed by atoms with Crippen molar-refractivity contribution in [2.24, 2.45) is 0 Å². The van der Waals surface area contributed by atoms with E-state index in [0.29, 0.717) is 6.54 Å². The quantitative estimate of drug-likeness (QED) is 0.914. The van der Waals surface area contributed by atoms with Crippen LogP contribution in [-0.2, 0) is 17.9 Å². The van der Waals surface area contributed by atoms with Crippen LogP contribution in [0.2, 0.25) is 0 Å². The summed E-state index contributed by atoms with van der Waals surface area (Å²) < 4.78 is 0. The number of rotatable bonds is 5. The average Bonchev–Trinajstić information content (AvgIpc) is 2.62. The second-order valence-electron chi connectivity index (χ2n) is 6.19. The van der Waals surface area contributed by atoms with Gasteiger partial charge in [0.05, 0.1) is 0 Å². The summed E-state index contributed by atoms with van der Waals surface area (Å²) in [5.74, 6) is 0.00569. The van der Waals surface area contributed by atoms with Gasteiger partial charge in [-0.15, -0.1) is 0 Å². The van der Waals surface area contributed by atoms with Gasteiger partial charge in [0.2, 0.25) is 5.91 Å². The first-order valence-corrected chi connectivity index (χ1v) is 8.40. The minimum atomic E-state index is 0.00569. The first-order valence-electron chi connectivity index (χ1n) is 8.40. The number of nitrogens with one attached hydrogen (secondary N) is 1. The van der Waals surface area contributed by atoms with Gasteiger partial charge in [-0.3, -0.25) is 14.7 Å². The van der Waals surface area contributed by atoms with E-state index < -0.39 is 0 Å². The summed E-state index contributed by atoms with van der Waals surface area (Å²) in [5.41, 5.74) is 3.71. The fraction of sp³-hybridized carbons (Fsp3) is 0.368. The Morgan fingerprint density at radius 2 is 1.62 bits per heavy atom. The van der Waals surface area contributed by atoms with Crippen molar-refractivity contribution >= 4 is 11.6 Å². The molecule has 3 rings (SSSR count). The highest BCUT2D eigenvalue weighted by atomic mass is 16.1. The second-order valence-corrected chi connectivity index (χ2v) is 6.19. The number of carbonyl (C=O) groups is 1. The van der Waals surface area contributed by atoms with Crippen LogP contribution in [0.25, 0.3) is 0 Å². The van der Waals surface area contributed by atoms with Crippen molar-refractivity contribution in [2.45, 2.75) is 20.0 Å². The van der Waals surface area contributed by atoms with Crippen LogP contribution in [0.5, 0.6) is 0 Å². The summed E-state index contributed by atoms with van der Waals surface area (Å²) in [6, 6.07) is 12.7. The van der Waals surface area contributed by atoms with E-state index >= 15 is 0 Å². The van der Waals surface area contributed by atoms with E-state index in [1.54, 1.807) is 6.92 Å². The second kappa shape index (κ2) is 7.93. The third-order valence-corrected chi connectivity index (χ3v) is 4.37. The fourth-order valence-electron chi connectivity index (χ4n) is 2.97. The number of carbonyl (C=O) groups excluding carboxylic acids is 1. The minimum absolute atomic E-state index is 0.00569. The van der Waals surface area contributed by atoms with Gasteiger partial charge < -0.3 is 10.2 Å². The first-order chi connectivity index (χ1) is 11.7. The lowest BCUT2D eigenvalue weighted by molar-refractivity contribution is -0.119. The molecule has 0 bridgehead atoms. The Morgan fingerprint density at radius 3 is 2.25 bits per heavy atom. The third kappa shape index (κ3) is 4.55. The Balaban J connectivity index is 1.48. The molecule has 1 N–H and O–H groups in total. The fourth-order valence-corrected chi connectivity index (χ4v) is 2.97. The molecule has 0 spiro atoms. The zero-order valence-corrected chi connectivity index (χ0v) is 14.1. The van der Waals surface area contributed by atoms with Gasteiger partial charge in [-0.25, -0.2) is 0 Å². The molecule has 0 saturated carbocycles. The van der Waals surface area contributed by atoms with Gasteiger partial charge in [-0.2, -0.15) is 0 Å². The van der Waals surface area contributed by atoms with Gasteiger partial charge in [0, 0.05) is 64.3 Å². The number of anilines is 1. The predicted molar refractivity (Wildman–Crippen MR) is 95.7 cm³/mol. The highest BCUT2D eigenvalue weighted by molar-refractivity contribution is 5.72. The maximum Gasteiger partial charge on any atom is 0.217 e. The number of pyridine rings is 1. The number of benzene rings is 1. The summed E-state index contributed by atoms with van der Waals surface area (Å²) in [6.45, 7) is 7.34. The van der Waals surface area contributed by atoms with Crippen molar-refractivity contribution in [1.82, 2.24) is 15.2 Å². The van der Waals surface area contributed by atoms with Crippen molar-refractivity contribution in [3.05, 3.63) is 59.9 Å². The van der Waals surface area contributed by atoms with Crippen LogP contribution in [0.15, 0.2) is 48.8 Å². The Kier molecular flexibility index (Phi) is 5.43. The molecule has 0 atom stereocenters. The number of nitrogens with zero attached hydrogens (tertiary/aromatic N) is 3. The van der Waals surface area contributed by atoms with E-state index in [1.807, 2.05) is 12.4 Å². The molecule has 1 aliphatic heterocycles. The van der Waals surface area contributed by atoms with Gasteiger partial charge in [0.15, 0.2) is 0 Å². The van der Waals surface area contributed by atoms with E-state index in [-0.39, 0.29) is 5.91 Å². The molecule has 2 heterocycles. The van der Waals surface area contributed by atoms with Crippen molar-refractivity contribution in [3.8, 4) is 0 Å². The van der Waals surface area contributed by atoms with Crippen molar-refractivity contribution in [2.75, 3.05) is 31.1 Å². The third-order valence-electron chi connectivity index (χ3n) is 4.37. The topological polar surface area (TPSA) is 48.5 Å². The number of aromatic nitrogens is 1. The number of amides is 1. The molecule has 5 nitrogen and oxygen atoms in total. The molecule has 1 aromatic heterocycles. The Morgan fingerprint density at radius 1 is 1.00 bits per heavy atom. The predicted octanol–water partition coefficient (Wildman–Crippen LogP) is 2.04. The number of hydrogen-bond acceptors (Lipinski definition) is 4. The molecule has 0 aliphatic carbocycles. The molecule has 1 saturated heterocycles. The molecular weight excluding hydrogens is 300 g/mol. The Labute approximate surface area is 143 Å². The van der Waals surface area contributed by atoms with Gasteiger partial charge >= 0.3 is 0 Å². The molecule has 1 aromatic carbocycles. The van der Waals surface area contributed by atoms with Crippen LogP contribution in [0.3, 0.4) is 0 Å². The summed E-state index contributed by atoms with van der Waals surface area (Å²) in [7, 11) is 0. The van der Waals surface area contributed by atoms with Gasteiger partial charge in [0.25, 0.3) is 0 Å². The zero-order chi connectivity index (χ0) is 16.8. The number of piperazine rings is 1. The van der Waals surface area contributed by atoms with Crippen LogP contribution in [0.4, 0.5) is 5.69 Å². The van der Waals surface area contributed by atoms with E-state index in [1.165, 1.54) is 11.3 Å². The van der Waals surface area contributed by atoms with E-state index in [4.69, 9.17) is 0 Å². The Bertz CT molecular complexity index is 649. The lowest BCUT2D eigenvalue weighted by atomic mass is 10.1. The maximum atomic E-state index is 11.0. The molecule has 1 fully saturated rings. The lowest BCUT2D eigenvalue weighted by Gasteiger charge is -2.36. The molecule has 0 radical (unpaired) electrons. The van der Waals surface area contributed by atoms with Crippen molar-refractivity contribution in [1.29, 1.82) is 0 Å². The van der Waals surface area contributed by atoms with Crippen LogP contribution >= 0.6 is 0 Å². The minimum Gasteiger partial charge on any atom is -0.369 e. The monoisotopic (exact) mass is 324 g/mol. The maximum absolute atomic E-state index is 11.0. The highest BCUT2D eigenvalue weighted by Crippen LogP contribution is 2.16. The zero-order valence-electron chi connectivity index (χ0n) is 14.1. The normalized spacial score (nSPS) is 15.3. The average molecular weight is 324 g/mol. The molecule has 2 aromatic rings. The highest BCUT2D eigenvalue weighted by Gasteiger charge is 2.17. The van der Waals surface area contributed by atoms with Crippen molar-refractivity contribution < 1.29 is 4.79 Å². The van der Waals surface area contributed by atoms with Crippen molar-refractivity contribution in [3.63, 3.8) is 0 Å². The molecular formula is C19H24N4O. The van der Waals surface area contributed by atoms with E-state index in [2.05, 4.69) is 56.5 Å². The summed E-state index contributed by atoms with van der Waals surface area (Å²) in [5, 5.41) is 2.82. The molecule has 126 valence electrons. The summed E-state index contributed by atoms with van der Waals surface area (Å²) >= 11 is 0. The first kappa shape index (κ1) is 16.5. The van der Waals surface area contributed by atoms with Gasteiger partial charge in [-0.1, -0.05) is 24.3 Å². The van der Waals surface area contributed by atoms with E-state index in [0.717, 1.165) is 38.3 Å². The summed E-state index contributed by atoms with van der Waals surface area (Å²) in [6.07, 6.45) is 3.70.